The van der Waals surface area contributed by atoms with Gasteiger partial charge in [0.15, 0.2) is 0 Å². The minimum Gasteiger partial charge on any atom is -0.442 e. The maximum atomic E-state index is 14.2. The Morgan fingerprint density at radius 3 is 2.28 bits per heavy atom. The van der Waals surface area contributed by atoms with E-state index in [0.717, 1.165) is 30.5 Å². The predicted octanol–water partition coefficient (Wildman–Crippen LogP) is 5.77. The van der Waals surface area contributed by atoms with Crippen molar-refractivity contribution >= 4 is 12.0 Å². The monoisotopic (exact) mass is 493 g/mol. The van der Waals surface area contributed by atoms with Gasteiger partial charge in [-0.3, -0.25) is 4.79 Å². The number of nitrogens with zero attached hydrogens (tertiary/aromatic N) is 3. The zero-order valence-corrected chi connectivity index (χ0v) is 20.6. The van der Waals surface area contributed by atoms with Crippen molar-refractivity contribution in [1.82, 2.24) is 14.7 Å². The van der Waals surface area contributed by atoms with E-state index in [1.54, 1.807) is 30.5 Å². The zero-order chi connectivity index (χ0) is 25.6. The van der Waals surface area contributed by atoms with Gasteiger partial charge in [-0.15, -0.1) is 0 Å². The highest BCUT2D eigenvalue weighted by molar-refractivity contribution is 5.95. The van der Waals surface area contributed by atoms with Crippen LogP contribution in [0.3, 0.4) is 0 Å². The van der Waals surface area contributed by atoms with Crippen LogP contribution in [0, 0.1) is 11.6 Å². The molecule has 0 spiro atoms. The summed E-state index contributed by atoms with van der Waals surface area (Å²) in [5.41, 5.74) is 1.96. The number of ether oxygens (including phenoxy) is 1. The molecule has 1 atom stereocenters. The number of halogens is 2. The summed E-state index contributed by atoms with van der Waals surface area (Å²) in [7, 11) is 0. The fourth-order valence-corrected chi connectivity index (χ4v) is 4.81. The maximum absolute atomic E-state index is 14.2. The van der Waals surface area contributed by atoms with Gasteiger partial charge in [0, 0.05) is 23.8 Å². The fourth-order valence-electron chi connectivity index (χ4n) is 4.81. The van der Waals surface area contributed by atoms with Crippen molar-refractivity contribution in [3.8, 4) is 11.1 Å². The summed E-state index contributed by atoms with van der Waals surface area (Å²) in [4.78, 5) is 28.0. The molecular weight excluding hydrogens is 464 g/mol. The number of hydrogen-bond donors (Lipinski definition) is 0. The van der Waals surface area contributed by atoms with Gasteiger partial charge in [0.25, 0.3) is 5.91 Å². The second-order valence-corrected chi connectivity index (χ2v) is 10.5. The van der Waals surface area contributed by atoms with Gasteiger partial charge in [-0.1, -0.05) is 18.2 Å². The molecule has 36 heavy (non-hydrogen) atoms. The molecule has 3 aromatic rings. The van der Waals surface area contributed by atoms with Gasteiger partial charge in [-0.2, -0.15) is 9.78 Å². The average molecular weight is 494 g/mol. The van der Waals surface area contributed by atoms with E-state index in [0.29, 0.717) is 24.0 Å². The number of fused-ring (bicyclic) bond motifs is 1. The van der Waals surface area contributed by atoms with E-state index >= 15 is 0 Å². The summed E-state index contributed by atoms with van der Waals surface area (Å²) in [6.07, 6.45) is 5.11. The van der Waals surface area contributed by atoms with Crippen LogP contribution in [0.15, 0.2) is 48.7 Å². The van der Waals surface area contributed by atoms with Gasteiger partial charge >= 0.3 is 6.09 Å². The third kappa shape index (κ3) is 4.90. The highest BCUT2D eigenvalue weighted by Crippen LogP contribution is 2.35. The van der Waals surface area contributed by atoms with Crippen LogP contribution in [0.4, 0.5) is 13.6 Å². The third-order valence-corrected chi connectivity index (χ3v) is 6.58. The summed E-state index contributed by atoms with van der Waals surface area (Å²) in [5.74, 6) is -1.37. The van der Waals surface area contributed by atoms with E-state index in [1.165, 1.54) is 22.9 Å². The smallest absolute Gasteiger partial charge is 0.435 e. The van der Waals surface area contributed by atoms with E-state index in [2.05, 4.69) is 5.10 Å². The van der Waals surface area contributed by atoms with Crippen LogP contribution in [-0.4, -0.2) is 44.4 Å². The Morgan fingerprint density at radius 2 is 1.67 bits per heavy atom. The van der Waals surface area contributed by atoms with Crippen LogP contribution < -0.4 is 0 Å². The third-order valence-electron chi connectivity index (χ3n) is 6.58. The molecule has 5 rings (SSSR count). The first-order valence-corrected chi connectivity index (χ1v) is 12.3. The Labute approximate surface area is 208 Å². The zero-order valence-electron chi connectivity index (χ0n) is 20.6. The van der Waals surface area contributed by atoms with Crippen molar-refractivity contribution in [1.29, 1.82) is 0 Å². The Kier molecular flexibility index (Phi) is 6.14. The Morgan fingerprint density at radius 1 is 1.00 bits per heavy atom. The Bertz CT molecular complexity index is 1290. The minimum atomic E-state index is -0.640. The molecule has 1 amide bonds. The molecule has 0 aliphatic heterocycles. The lowest BCUT2D eigenvalue weighted by Crippen LogP contribution is -2.44. The van der Waals surface area contributed by atoms with Gasteiger partial charge in [-0.25, -0.2) is 13.6 Å². The quantitative estimate of drug-likeness (QED) is 0.463. The van der Waals surface area contributed by atoms with Crippen molar-refractivity contribution in [3.05, 3.63) is 77.1 Å². The number of aromatic nitrogens is 2. The lowest BCUT2D eigenvalue weighted by Gasteiger charge is -2.34. The SMILES string of the molecule is CC(C)(C)OC(=O)n1cc2c(n1)CCC(N(C(=O)c1ccc(-c3c(F)cccc3F)cc1)C1CC1)C2. The topological polar surface area (TPSA) is 64.4 Å². The second kappa shape index (κ2) is 9.15. The number of hydrogen-bond acceptors (Lipinski definition) is 4. The minimum absolute atomic E-state index is 0.0162. The van der Waals surface area contributed by atoms with Gasteiger partial charge in [0.2, 0.25) is 0 Å². The first kappa shape index (κ1) is 24.2. The van der Waals surface area contributed by atoms with Gasteiger partial charge in [-0.05, 0) is 88.3 Å². The molecule has 6 nitrogen and oxygen atoms in total. The van der Waals surface area contributed by atoms with E-state index < -0.39 is 23.3 Å². The average Bonchev–Trinajstić information content (AvgIpc) is 3.55. The number of rotatable bonds is 4. The summed E-state index contributed by atoms with van der Waals surface area (Å²) in [6.45, 7) is 5.43. The molecular formula is C28H29F2N3O3. The summed E-state index contributed by atoms with van der Waals surface area (Å²) >= 11 is 0. The highest BCUT2D eigenvalue weighted by atomic mass is 19.1. The Hall–Kier alpha value is -3.55. The number of carbonyl (C=O) groups excluding carboxylic acids is 2. The maximum Gasteiger partial charge on any atom is 0.435 e. The molecule has 2 aliphatic rings. The molecule has 0 radical (unpaired) electrons. The molecule has 1 saturated carbocycles. The van der Waals surface area contributed by atoms with Gasteiger partial charge in [0.05, 0.1) is 11.3 Å². The van der Waals surface area contributed by atoms with Crippen molar-refractivity contribution in [2.24, 2.45) is 0 Å². The van der Waals surface area contributed by atoms with Gasteiger partial charge in [0.1, 0.15) is 17.2 Å². The van der Waals surface area contributed by atoms with Crippen molar-refractivity contribution in [2.45, 2.75) is 70.6 Å². The number of amides is 1. The number of aryl methyl sites for hydroxylation is 1. The molecule has 0 bridgehead atoms. The molecule has 0 saturated heterocycles. The van der Waals surface area contributed by atoms with Gasteiger partial charge < -0.3 is 9.64 Å². The van der Waals surface area contributed by atoms with Crippen molar-refractivity contribution < 1.29 is 23.1 Å². The van der Waals surface area contributed by atoms with Crippen LogP contribution in [0.25, 0.3) is 11.1 Å². The molecule has 1 aromatic heterocycles. The first-order chi connectivity index (χ1) is 17.1. The Balaban J connectivity index is 1.34. The molecule has 1 fully saturated rings. The second-order valence-electron chi connectivity index (χ2n) is 10.5. The van der Waals surface area contributed by atoms with Crippen molar-refractivity contribution in [2.75, 3.05) is 0 Å². The number of carbonyl (C=O) groups is 2. The van der Waals surface area contributed by atoms with E-state index in [4.69, 9.17) is 4.74 Å². The highest BCUT2D eigenvalue weighted by Gasteiger charge is 2.39. The lowest BCUT2D eigenvalue weighted by molar-refractivity contribution is 0.0513. The molecule has 188 valence electrons. The van der Waals surface area contributed by atoms with Crippen LogP contribution in [0.5, 0.6) is 0 Å². The first-order valence-electron chi connectivity index (χ1n) is 12.3. The normalized spacial score (nSPS) is 17.4. The van der Waals surface area contributed by atoms with E-state index in [9.17, 15) is 18.4 Å². The largest absolute Gasteiger partial charge is 0.442 e. The predicted molar refractivity (Wildman–Crippen MR) is 131 cm³/mol. The standard InChI is InChI=1S/C28H29F2N3O3/c1-28(2,3)36-27(35)32-16-19-15-21(13-14-24(19)31-32)33(20-11-12-20)26(34)18-9-7-17(8-10-18)25-22(29)5-4-6-23(25)30/h4-10,16,20-21H,11-15H2,1-3H3. The lowest BCUT2D eigenvalue weighted by atomic mass is 9.91. The fraction of sp³-hybridized carbons (Fsp3) is 0.393. The van der Waals surface area contributed by atoms with Crippen molar-refractivity contribution in [3.63, 3.8) is 0 Å². The summed E-state index contributed by atoms with van der Waals surface area (Å²) < 4.78 is 35.0. The van der Waals surface area contributed by atoms with E-state index in [-0.39, 0.29) is 23.6 Å². The number of benzene rings is 2. The molecule has 0 N–H and O–H groups in total. The van der Waals surface area contributed by atoms with Crippen LogP contribution >= 0.6 is 0 Å². The van der Waals surface area contributed by atoms with Crippen LogP contribution in [0.2, 0.25) is 0 Å². The van der Waals surface area contributed by atoms with E-state index in [1.807, 2.05) is 25.7 Å². The molecule has 1 unspecified atom stereocenters. The molecule has 1 heterocycles. The molecule has 2 aliphatic carbocycles. The molecule has 2 aromatic carbocycles. The summed E-state index contributed by atoms with van der Waals surface area (Å²) in [5, 5.41) is 4.42. The summed E-state index contributed by atoms with van der Waals surface area (Å²) in [6, 6.07) is 10.4. The van der Waals surface area contributed by atoms with Crippen LogP contribution in [-0.2, 0) is 17.6 Å². The van der Waals surface area contributed by atoms with Crippen LogP contribution in [0.1, 0.15) is 61.6 Å². The molecule has 8 heteroatoms.